The number of benzene rings is 1. The smallest absolute Gasteiger partial charge is 0.177 e. The number of rotatable bonds is 2. The third kappa shape index (κ3) is 2.67. The Balaban J connectivity index is 2.38. The first-order chi connectivity index (χ1) is 8.39. The fraction of sp³-hybridized carbons (Fsp3) is 0.455. The lowest BCUT2D eigenvalue weighted by Gasteiger charge is -2.29. The molecule has 0 spiro atoms. The van der Waals surface area contributed by atoms with Crippen LogP contribution in [0.2, 0.25) is 0 Å². The summed E-state index contributed by atoms with van der Waals surface area (Å²) in [6.07, 6.45) is 1.15. The lowest BCUT2D eigenvalue weighted by molar-refractivity contribution is 0.602. The van der Waals surface area contributed by atoms with E-state index in [0.29, 0.717) is 24.6 Å². The number of sulfone groups is 1. The predicted molar refractivity (Wildman–Crippen MR) is 74.1 cm³/mol. The second-order valence-electron chi connectivity index (χ2n) is 4.30. The standard InChI is InChI=1S/C11H16N2O3S2/c1-18(15,16)10-4-2-3-9(11(10)12)13-5-7-17(14)8-6-13/h2-4H,5-8,12H2,1H3. The molecule has 1 fully saturated rings. The molecule has 2 rings (SSSR count). The Morgan fingerprint density at radius 1 is 1.28 bits per heavy atom. The van der Waals surface area contributed by atoms with E-state index in [2.05, 4.69) is 0 Å². The molecule has 1 aliphatic rings. The van der Waals surface area contributed by atoms with E-state index in [9.17, 15) is 12.6 Å². The highest BCUT2D eigenvalue weighted by molar-refractivity contribution is 7.90. The molecule has 1 saturated heterocycles. The number of para-hydroxylation sites is 1. The molecule has 5 nitrogen and oxygen atoms in total. The Morgan fingerprint density at radius 3 is 2.44 bits per heavy atom. The van der Waals surface area contributed by atoms with Gasteiger partial charge in [0.25, 0.3) is 0 Å². The molecule has 100 valence electrons. The van der Waals surface area contributed by atoms with E-state index < -0.39 is 20.6 Å². The van der Waals surface area contributed by atoms with Gasteiger partial charge in [0.15, 0.2) is 9.84 Å². The topological polar surface area (TPSA) is 80.5 Å². The van der Waals surface area contributed by atoms with Crippen molar-refractivity contribution >= 4 is 32.0 Å². The Morgan fingerprint density at radius 2 is 1.89 bits per heavy atom. The SMILES string of the molecule is CS(=O)(=O)c1cccc(N2CCS(=O)CC2)c1N. The molecule has 7 heteroatoms. The van der Waals surface area contributed by atoms with Gasteiger partial charge in [-0.1, -0.05) is 6.07 Å². The molecule has 18 heavy (non-hydrogen) atoms. The minimum Gasteiger partial charge on any atom is -0.396 e. The fourth-order valence-electron chi connectivity index (χ4n) is 2.01. The van der Waals surface area contributed by atoms with Crippen LogP contribution in [0.5, 0.6) is 0 Å². The number of nitrogens with zero attached hydrogens (tertiary/aromatic N) is 1. The third-order valence-corrected chi connectivity index (χ3v) is 5.39. The highest BCUT2D eigenvalue weighted by Crippen LogP contribution is 2.30. The minimum absolute atomic E-state index is 0.159. The summed E-state index contributed by atoms with van der Waals surface area (Å²) in [5.74, 6) is 1.20. The molecule has 0 aromatic heterocycles. The van der Waals surface area contributed by atoms with Crippen LogP contribution in [0, 0.1) is 0 Å². The lowest BCUT2D eigenvalue weighted by Crippen LogP contribution is -2.38. The first kappa shape index (κ1) is 13.4. The van der Waals surface area contributed by atoms with Gasteiger partial charge in [0.1, 0.15) is 0 Å². The van der Waals surface area contributed by atoms with Gasteiger partial charge in [-0.2, -0.15) is 0 Å². The third-order valence-electron chi connectivity index (χ3n) is 2.96. The zero-order chi connectivity index (χ0) is 13.3. The van der Waals surface area contributed by atoms with E-state index in [1.54, 1.807) is 12.1 Å². The van der Waals surface area contributed by atoms with Crippen molar-refractivity contribution < 1.29 is 12.6 Å². The molecule has 1 aliphatic heterocycles. The van der Waals surface area contributed by atoms with Crippen LogP contribution >= 0.6 is 0 Å². The van der Waals surface area contributed by atoms with E-state index in [1.807, 2.05) is 4.90 Å². The van der Waals surface area contributed by atoms with E-state index in [1.165, 1.54) is 6.07 Å². The average molecular weight is 288 g/mol. The second kappa shape index (κ2) is 4.89. The van der Waals surface area contributed by atoms with Gasteiger partial charge >= 0.3 is 0 Å². The molecular formula is C11H16N2O3S2. The zero-order valence-corrected chi connectivity index (χ0v) is 11.8. The van der Waals surface area contributed by atoms with Gasteiger partial charge in [0, 0.05) is 41.7 Å². The van der Waals surface area contributed by atoms with Gasteiger partial charge in [-0.25, -0.2) is 8.42 Å². The van der Waals surface area contributed by atoms with Crippen LogP contribution in [0.3, 0.4) is 0 Å². The van der Waals surface area contributed by atoms with Crippen molar-refractivity contribution in [1.82, 2.24) is 0 Å². The van der Waals surface area contributed by atoms with Crippen molar-refractivity contribution in [2.75, 3.05) is 41.5 Å². The van der Waals surface area contributed by atoms with Crippen LogP contribution in [0.25, 0.3) is 0 Å². The number of nitrogens with two attached hydrogens (primary N) is 1. The van der Waals surface area contributed by atoms with Crippen molar-refractivity contribution in [1.29, 1.82) is 0 Å². The van der Waals surface area contributed by atoms with Crippen molar-refractivity contribution in [2.24, 2.45) is 0 Å². The van der Waals surface area contributed by atoms with Gasteiger partial charge in [-0.3, -0.25) is 4.21 Å². The quantitative estimate of drug-likeness (QED) is 0.789. The van der Waals surface area contributed by atoms with E-state index in [4.69, 9.17) is 5.73 Å². The van der Waals surface area contributed by atoms with E-state index in [-0.39, 0.29) is 10.6 Å². The summed E-state index contributed by atoms with van der Waals surface area (Å²) >= 11 is 0. The van der Waals surface area contributed by atoms with Crippen molar-refractivity contribution in [3.8, 4) is 0 Å². The largest absolute Gasteiger partial charge is 0.396 e. The number of nitrogen functional groups attached to an aromatic ring is 1. The highest BCUT2D eigenvalue weighted by Gasteiger charge is 2.21. The molecule has 0 bridgehead atoms. The van der Waals surface area contributed by atoms with Crippen LogP contribution in [-0.2, 0) is 20.6 Å². The summed E-state index contributed by atoms with van der Waals surface area (Å²) in [6, 6.07) is 5.00. The number of hydrogen-bond donors (Lipinski definition) is 1. The molecule has 1 aromatic carbocycles. The molecule has 1 aromatic rings. The average Bonchev–Trinajstić information content (AvgIpc) is 2.29. The molecule has 0 saturated carbocycles. The van der Waals surface area contributed by atoms with Gasteiger partial charge in [-0.05, 0) is 12.1 Å². The molecule has 1 heterocycles. The number of hydrogen-bond acceptors (Lipinski definition) is 5. The summed E-state index contributed by atoms with van der Waals surface area (Å²) < 4.78 is 34.5. The van der Waals surface area contributed by atoms with Crippen LogP contribution in [0.1, 0.15) is 0 Å². The van der Waals surface area contributed by atoms with Gasteiger partial charge in [0.05, 0.1) is 16.3 Å². The predicted octanol–water partition coefficient (Wildman–Crippen LogP) is 0.241. The van der Waals surface area contributed by atoms with Gasteiger partial charge < -0.3 is 10.6 Å². The molecule has 0 amide bonds. The van der Waals surface area contributed by atoms with Crippen LogP contribution in [0.4, 0.5) is 11.4 Å². The zero-order valence-electron chi connectivity index (χ0n) is 10.1. The first-order valence-electron chi connectivity index (χ1n) is 5.58. The summed E-state index contributed by atoms with van der Waals surface area (Å²) in [5.41, 5.74) is 6.94. The highest BCUT2D eigenvalue weighted by atomic mass is 32.2. The Kier molecular flexibility index (Phi) is 3.63. The maximum absolute atomic E-state index is 11.6. The number of anilines is 2. The minimum atomic E-state index is -3.32. The normalized spacial score (nSPS) is 17.9. The van der Waals surface area contributed by atoms with Crippen LogP contribution < -0.4 is 10.6 Å². The summed E-state index contributed by atoms with van der Waals surface area (Å²) in [4.78, 5) is 2.15. The lowest BCUT2D eigenvalue weighted by atomic mass is 10.2. The van der Waals surface area contributed by atoms with E-state index in [0.717, 1.165) is 11.9 Å². The van der Waals surface area contributed by atoms with Crippen molar-refractivity contribution in [2.45, 2.75) is 4.90 Å². The molecule has 0 atom stereocenters. The van der Waals surface area contributed by atoms with Gasteiger partial charge in [-0.15, -0.1) is 0 Å². The molecule has 2 N–H and O–H groups in total. The Labute approximate surface area is 109 Å². The van der Waals surface area contributed by atoms with Crippen LogP contribution in [-0.4, -0.2) is 43.5 Å². The van der Waals surface area contributed by atoms with E-state index >= 15 is 0 Å². The monoisotopic (exact) mass is 288 g/mol. The maximum atomic E-state index is 11.6. The molecule has 0 radical (unpaired) electrons. The Bertz CT molecular complexity index is 574. The second-order valence-corrected chi connectivity index (χ2v) is 7.98. The van der Waals surface area contributed by atoms with Crippen LogP contribution in [0.15, 0.2) is 23.1 Å². The van der Waals surface area contributed by atoms with Gasteiger partial charge in [0.2, 0.25) is 0 Å². The fourth-order valence-corrected chi connectivity index (χ4v) is 3.89. The molecule has 0 unspecified atom stereocenters. The summed E-state index contributed by atoms with van der Waals surface area (Å²) in [7, 11) is -4.08. The van der Waals surface area contributed by atoms with Crippen molar-refractivity contribution in [3.05, 3.63) is 18.2 Å². The summed E-state index contributed by atoms with van der Waals surface area (Å²) in [6.45, 7) is 1.29. The Hall–Kier alpha value is -1.08. The summed E-state index contributed by atoms with van der Waals surface area (Å²) in [5, 5.41) is 0. The first-order valence-corrected chi connectivity index (χ1v) is 8.96. The van der Waals surface area contributed by atoms with Crippen molar-refractivity contribution in [3.63, 3.8) is 0 Å². The molecular weight excluding hydrogens is 272 g/mol. The molecule has 0 aliphatic carbocycles. The maximum Gasteiger partial charge on any atom is 0.177 e.